The molecule has 2 aliphatic heterocycles. The monoisotopic (exact) mass is 273 g/mol. The number of aryl methyl sites for hydroxylation is 1. The second-order valence-electron chi connectivity index (χ2n) is 5.52. The smallest absolute Gasteiger partial charge is 0.140 e. The quantitative estimate of drug-likeness (QED) is 0.800. The summed E-state index contributed by atoms with van der Waals surface area (Å²) < 4.78 is 21.6. The molecule has 1 saturated heterocycles. The van der Waals surface area contributed by atoms with Gasteiger partial charge in [-0.15, -0.1) is 0 Å². The van der Waals surface area contributed by atoms with Crippen molar-refractivity contribution in [2.24, 2.45) is 7.05 Å². The Morgan fingerprint density at radius 3 is 2.95 bits per heavy atom. The van der Waals surface area contributed by atoms with E-state index in [-0.39, 0.29) is 11.4 Å². The zero-order valence-electron chi connectivity index (χ0n) is 11.3. The van der Waals surface area contributed by atoms with Crippen molar-refractivity contribution in [3.8, 4) is 17.0 Å². The number of hydrogen-bond donors (Lipinski definition) is 1. The first-order valence-corrected chi connectivity index (χ1v) is 6.92. The Morgan fingerprint density at radius 1 is 1.35 bits per heavy atom. The molecule has 4 rings (SSSR count). The Balaban J connectivity index is 1.96. The van der Waals surface area contributed by atoms with Gasteiger partial charge in [0.2, 0.25) is 0 Å². The summed E-state index contributed by atoms with van der Waals surface area (Å²) >= 11 is 0. The summed E-state index contributed by atoms with van der Waals surface area (Å²) in [7, 11) is 1.92. The van der Waals surface area contributed by atoms with E-state index in [0.29, 0.717) is 5.75 Å². The molecule has 3 heterocycles. The SMILES string of the molecule is Cn1ncc2c1-c1ccc(F)cc1OC21CCNCC1. The second-order valence-corrected chi connectivity index (χ2v) is 5.52. The fourth-order valence-electron chi connectivity index (χ4n) is 3.33. The predicted octanol–water partition coefficient (Wildman–Crippen LogP) is 2.20. The van der Waals surface area contributed by atoms with Gasteiger partial charge in [0.1, 0.15) is 17.2 Å². The molecule has 0 atom stereocenters. The molecule has 0 bridgehead atoms. The third-order valence-electron chi connectivity index (χ3n) is 4.34. The van der Waals surface area contributed by atoms with Crippen LogP contribution in [0.3, 0.4) is 0 Å². The molecule has 20 heavy (non-hydrogen) atoms. The molecular formula is C15H16FN3O. The van der Waals surface area contributed by atoms with E-state index in [9.17, 15) is 4.39 Å². The molecule has 0 amide bonds. The van der Waals surface area contributed by atoms with Crippen LogP contribution in [0.25, 0.3) is 11.3 Å². The molecule has 1 spiro atoms. The lowest BCUT2D eigenvalue weighted by Crippen LogP contribution is -2.45. The normalized spacial score (nSPS) is 19.3. The summed E-state index contributed by atoms with van der Waals surface area (Å²) in [5, 5.41) is 7.74. The summed E-state index contributed by atoms with van der Waals surface area (Å²) in [4.78, 5) is 0. The number of fused-ring (bicyclic) bond motifs is 4. The van der Waals surface area contributed by atoms with Gasteiger partial charge < -0.3 is 10.1 Å². The maximum Gasteiger partial charge on any atom is 0.140 e. The van der Waals surface area contributed by atoms with Gasteiger partial charge in [-0.25, -0.2) is 4.39 Å². The average molecular weight is 273 g/mol. The second kappa shape index (κ2) is 4.06. The third kappa shape index (κ3) is 1.53. The summed E-state index contributed by atoms with van der Waals surface area (Å²) in [5.41, 5.74) is 2.73. The third-order valence-corrected chi connectivity index (χ3v) is 4.34. The molecule has 0 unspecified atom stereocenters. The zero-order valence-corrected chi connectivity index (χ0v) is 11.3. The molecule has 0 saturated carbocycles. The number of benzene rings is 1. The largest absolute Gasteiger partial charge is 0.482 e. The zero-order chi connectivity index (χ0) is 13.7. The summed E-state index contributed by atoms with van der Waals surface area (Å²) in [6.45, 7) is 1.80. The minimum Gasteiger partial charge on any atom is -0.482 e. The maximum atomic E-state index is 13.5. The summed E-state index contributed by atoms with van der Waals surface area (Å²) in [6, 6.07) is 4.73. The van der Waals surface area contributed by atoms with Crippen LogP contribution in [0.15, 0.2) is 24.4 Å². The number of halogens is 1. The van der Waals surface area contributed by atoms with E-state index >= 15 is 0 Å². The standard InChI is InChI=1S/C15H16FN3O/c1-19-14-11-3-2-10(16)8-13(11)20-15(12(14)9-18-19)4-6-17-7-5-15/h2-3,8-9,17H,4-7H2,1H3. The molecule has 104 valence electrons. The molecule has 2 aliphatic rings. The topological polar surface area (TPSA) is 39.1 Å². The number of aromatic nitrogens is 2. The van der Waals surface area contributed by atoms with Crippen molar-refractivity contribution in [1.29, 1.82) is 0 Å². The van der Waals surface area contributed by atoms with Crippen molar-refractivity contribution in [2.45, 2.75) is 18.4 Å². The van der Waals surface area contributed by atoms with E-state index in [4.69, 9.17) is 4.74 Å². The molecule has 2 aromatic rings. The van der Waals surface area contributed by atoms with Gasteiger partial charge in [0.25, 0.3) is 0 Å². The molecule has 1 aromatic carbocycles. The van der Waals surface area contributed by atoms with E-state index in [1.807, 2.05) is 17.9 Å². The lowest BCUT2D eigenvalue weighted by Gasteiger charge is -2.41. The lowest BCUT2D eigenvalue weighted by molar-refractivity contribution is 0.0303. The van der Waals surface area contributed by atoms with Crippen molar-refractivity contribution in [1.82, 2.24) is 15.1 Å². The molecule has 0 aliphatic carbocycles. The minimum absolute atomic E-state index is 0.265. The van der Waals surface area contributed by atoms with Crippen molar-refractivity contribution < 1.29 is 9.13 Å². The number of rotatable bonds is 0. The van der Waals surface area contributed by atoms with E-state index < -0.39 is 0 Å². The van der Waals surface area contributed by atoms with E-state index in [0.717, 1.165) is 42.8 Å². The highest BCUT2D eigenvalue weighted by Gasteiger charge is 2.43. The van der Waals surface area contributed by atoms with Crippen LogP contribution in [0.5, 0.6) is 5.75 Å². The van der Waals surface area contributed by atoms with Crippen LogP contribution in [0.1, 0.15) is 18.4 Å². The molecule has 0 radical (unpaired) electrons. The number of piperidine rings is 1. The van der Waals surface area contributed by atoms with Gasteiger partial charge in [-0.1, -0.05) is 0 Å². The van der Waals surface area contributed by atoms with Gasteiger partial charge in [0, 0.05) is 37.1 Å². The number of ether oxygens (including phenoxy) is 1. The minimum atomic E-state index is -0.365. The van der Waals surface area contributed by atoms with E-state index in [1.54, 1.807) is 6.07 Å². The highest BCUT2D eigenvalue weighted by Crippen LogP contribution is 2.48. The van der Waals surface area contributed by atoms with Crippen LogP contribution in [-0.4, -0.2) is 22.9 Å². The van der Waals surface area contributed by atoms with Crippen molar-refractivity contribution in [2.75, 3.05) is 13.1 Å². The van der Waals surface area contributed by atoms with Gasteiger partial charge in [-0.3, -0.25) is 4.68 Å². The Morgan fingerprint density at radius 2 is 2.15 bits per heavy atom. The molecule has 1 fully saturated rings. The van der Waals surface area contributed by atoms with Crippen molar-refractivity contribution in [3.63, 3.8) is 0 Å². The predicted molar refractivity (Wildman–Crippen MR) is 73.0 cm³/mol. The highest BCUT2D eigenvalue weighted by atomic mass is 19.1. The Labute approximate surface area is 116 Å². The first-order valence-electron chi connectivity index (χ1n) is 6.92. The molecule has 4 nitrogen and oxygen atoms in total. The fraction of sp³-hybridized carbons (Fsp3) is 0.400. The van der Waals surface area contributed by atoms with Crippen LogP contribution in [0.4, 0.5) is 4.39 Å². The maximum absolute atomic E-state index is 13.5. The molecule has 1 aromatic heterocycles. The molecule has 5 heteroatoms. The first-order chi connectivity index (χ1) is 9.70. The van der Waals surface area contributed by atoms with Gasteiger partial charge in [0.05, 0.1) is 11.9 Å². The van der Waals surface area contributed by atoms with Crippen LogP contribution < -0.4 is 10.1 Å². The molecular weight excluding hydrogens is 257 g/mol. The van der Waals surface area contributed by atoms with Crippen molar-refractivity contribution >= 4 is 0 Å². The van der Waals surface area contributed by atoms with Crippen molar-refractivity contribution in [3.05, 3.63) is 35.8 Å². The van der Waals surface area contributed by atoms with Gasteiger partial charge >= 0.3 is 0 Å². The Kier molecular flexibility index (Phi) is 2.41. The number of hydrogen-bond acceptors (Lipinski definition) is 3. The lowest BCUT2D eigenvalue weighted by atomic mass is 9.81. The Hall–Kier alpha value is -1.88. The van der Waals surface area contributed by atoms with Gasteiger partial charge in [0.15, 0.2) is 0 Å². The Bertz CT molecular complexity index is 674. The summed E-state index contributed by atoms with van der Waals surface area (Å²) in [6.07, 6.45) is 3.65. The number of nitrogens with zero attached hydrogens (tertiary/aromatic N) is 2. The van der Waals surface area contributed by atoms with Crippen LogP contribution in [-0.2, 0) is 12.6 Å². The van der Waals surface area contributed by atoms with Crippen LogP contribution in [0, 0.1) is 5.82 Å². The van der Waals surface area contributed by atoms with Gasteiger partial charge in [-0.05, 0) is 25.2 Å². The average Bonchev–Trinajstić information content (AvgIpc) is 2.83. The van der Waals surface area contributed by atoms with Gasteiger partial charge in [-0.2, -0.15) is 5.10 Å². The van der Waals surface area contributed by atoms with Crippen LogP contribution in [0.2, 0.25) is 0 Å². The van der Waals surface area contributed by atoms with E-state index in [1.165, 1.54) is 12.1 Å². The van der Waals surface area contributed by atoms with E-state index in [2.05, 4.69) is 10.4 Å². The fourth-order valence-corrected chi connectivity index (χ4v) is 3.33. The van der Waals surface area contributed by atoms with Crippen LogP contribution >= 0.6 is 0 Å². The number of nitrogens with one attached hydrogen (secondary N) is 1. The highest BCUT2D eigenvalue weighted by molar-refractivity contribution is 5.73. The molecule has 1 N–H and O–H groups in total. The first kappa shape index (κ1) is 11.9. The summed E-state index contributed by atoms with van der Waals surface area (Å²) in [5.74, 6) is 0.362.